The van der Waals surface area contributed by atoms with E-state index in [-0.39, 0.29) is 11.7 Å². The third-order valence-electron chi connectivity index (χ3n) is 7.21. The van der Waals surface area contributed by atoms with Crippen LogP contribution in [0.15, 0.2) is 42.2 Å². The Morgan fingerprint density at radius 1 is 1.15 bits per heavy atom. The van der Waals surface area contributed by atoms with Crippen molar-refractivity contribution in [2.75, 3.05) is 32.7 Å². The van der Waals surface area contributed by atoms with Crippen LogP contribution >= 0.6 is 0 Å². The fourth-order valence-corrected chi connectivity index (χ4v) is 5.41. The number of likely N-dealkylation sites (tertiary alicyclic amines) is 2. The summed E-state index contributed by atoms with van der Waals surface area (Å²) in [6, 6.07) is 5.17. The van der Waals surface area contributed by atoms with Gasteiger partial charge in [-0.15, -0.1) is 0 Å². The first-order valence-electron chi connectivity index (χ1n) is 12.5. The smallest absolute Gasteiger partial charge is 0.225 e. The molecule has 0 atom stereocenters. The van der Waals surface area contributed by atoms with Crippen LogP contribution in [-0.4, -0.2) is 58.0 Å². The first kappa shape index (κ1) is 24.3. The molecule has 2 fully saturated rings. The van der Waals surface area contributed by atoms with Crippen molar-refractivity contribution in [3.05, 3.63) is 53.9 Å². The van der Waals surface area contributed by atoms with Gasteiger partial charge in [-0.05, 0) is 81.4 Å². The highest BCUT2D eigenvalue weighted by molar-refractivity contribution is 5.79. The van der Waals surface area contributed by atoms with E-state index in [1.807, 2.05) is 12.1 Å². The lowest BCUT2D eigenvalue weighted by Crippen LogP contribution is -2.46. The SMILES string of the molecule is CCCc1nc2cc(F)ccc2n1C1CCN(C(=O)C2CCN(CC(/C=C\N)=C/N)CC2)CC1. The first-order valence-corrected chi connectivity index (χ1v) is 12.5. The number of carbonyl (C=O) groups is 1. The van der Waals surface area contributed by atoms with Crippen LogP contribution in [0.5, 0.6) is 0 Å². The van der Waals surface area contributed by atoms with E-state index in [1.165, 1.54) is 18.3 Å². The van der Waals surface area contributed by atoms with Gasteiger partial charge in [0.25, 0.3) is 0 Å². The van der Waals surface area contributed by atoms with Gasteiger partial charge in [0.05, 0.1) is 11.0 Å². The summed E-state index contributed by atoms with van der Waals surface area (Å²) >= 11 is 0. The Balaban J connectivity index is 1.35. The Bertz CT molecular complexity index is 1040. The van der Waals surface area contributed by atoms with Crippen molar-refractivity contribution in [2.24, 2.45) is 17.4 Å². The molecule has 4 rings (SSSR count). The van der Waals surface area contributed by atoms with Crippen LogP contribution in [0.2, 0.25) is 0 Å². The maximum Gasteiger partial charge on any atom is 0.225 e. The Labute approximate surface area is 201 Å². The molecular formula is C26H37FN6O. The molecule has 0 unspecified atom stereocenters. The van der Waals surface area contributed by atoms with Crippen molar-refractivity contribution in [1.82, 2.24) is 19.4 Å². The molecule has 7 nitrogen and oxygen atoms in total. The van der Waals surface area contributed by atoms with Crippen LogP contribution in [0.25, 0.3) is 11.0 Å². The number of hydrogen-bond donors (Lipinski definition) is 2. The summed E-state index contributed by atoms with van der Waals surface area (Å²) < 4.78 is 16.1. The first-order chi connectivity index (χ1) is 16.5. The monoisotopic (exact) mass is 468 g/mol. The van der Waals surface area contributed by atoms with E-state index in [0.29, 0.717) is 11.9 Å². The predicted octanol–water partition coefficient (Wildman–Crippen LogP) is 3.32. The quantitative estimate of drug-likeness (QED) is 0.608. The number of hydrogen-bond acceptors (Lipinski definition) is 5. The van der Waals surface area contributed by atoms with Gasteiger partial charge in [0.1, 0.15) is 11.6 Å². The van der Waals surface area contributed by atoms with Crippen LogP contribution in [0.4, 0.5) is 4.39 Å². The number of fused-ring (bicyclic) bond motifs is 1. The van der Waals surface area contributed by atoms with Crippen molar-refractivity contribution >= 4 is 16.9 Å². The van der Waals surface area contributed by atoms with Gasteiger partial charge in [0, 0.05) is 44.1 Å². The molecule has 0 aliphatic carbocycles. The molecule has 0 radical (unpaired) electrons. The number of aromatic nitrogens is 2. The van der Waals surface area contributed by atoms with E-state index in [0.717, 1.165) is 93.7 Å². The molecule has 1 aromatic carbocycles. The molecule has 2 aliphatic heterocycles. The number of carbonyl (C=O) groups excluding carboxylic acids is 1. The number of benzene rings is 1. The van der Waals surface area contributed by atoms with Gasteiger partial charge >= 0.3 is 0 Å². The third-order valence-corrected chi connectivity index (χ3v) is 7.21. The van der Waals surface area contributed by atoms with E-state index in [2.05, 4.69) is 21.3 Å². The van der Waals surface area contributed by atoms with Gasteiger partial charge in [-0.1, -0.05) is 6.92 Å². The summed E-state index contributed by atoms with van der Waals surface area (Å²) in [6.45, 7) is 6.20. The summed E-state index contributed by atoms with van der Waals surface area (Å²) in [6.07, 6.45) is 10.4. The van der Waals surface area contributed by atoms with Crippen LogP contribution < -0.4 is 11.5 Å². The molecule has 2 saturated heterocycles. The van der Waals surface area contributed by atoms with E-state index in [4.69, 9.17) is 16.5 Å². The number of amides is 1. The summed E-state index contributed by atoms with van der Waals surface area (Å²) in [5.74, 6) is 1.16. The highest BCUT2D eigenvalue weighted by atomic mass is 19.1. The summed E-state index contributed by atoms with van der Waals surface area (Å²) in [5, 5.41) is 0. The van der Waals surface area contributed by atoms with Gasteiger partial charge in [-0.25, -0.2) is 9.37 Å². The van der Waals surface area contributed by atoms with Crippen LogP contribution in [0.1, 0.15) is 50.9 Å². The second-order valence-electron chi connectivity index (χ2n) is 9.49. The highest BCUT2D eigenvalue weighted by Gasteiger charge is 2.32. The second-order valence-corrected chi connectivity index (χ2v) is 9.49. The summed E-state index contributed by atoms with van der Waals surface area (Å²) in [4.78, 5) is 22.4. The molecule has 34 heavy (non-hydrogen) atoms. The van der Waals surface area contributed by atoms with Crippen molar-refractivity contribution in [1.29, 1.82) is 0 Å². The second kappa shape index (κ2) is 11.0. The minimum Gasteiger partial charge on any atom is -0.405 e. The molecule has 1 aromatic heterocycles. The van der Waals surface area contributed by atoms with Gasteiger partial charge in [-0.2, -0.15) is 0 Å². The summed E-state index contributed by atoms with van der Waals surface area (Å²) in [7, 11) is 0. The molecule has 2 aromatic rings. The zero-order valence-corrected chi connectivity index (χ0v) is 20.1. The van der Waals surface area contributed by atoms with Crippen LogP contribution in [0, 0.1) is 11.7 Å². The van der Waals surface area contributed by atoms with Gasteiger partial charge in [-0.3, -0.25) is 9.69 Å². The van der Waals surface area contributed by atoms with Crippen LogP contribution in [0.3, 0.4) is 0 Å². The number of imidazole rings is 1. The molecule has 1 amide bonds. The summed E-state index contributed by atoms with van der Waals surface area (Å²) in [5.41, 5.74) is 13.9. The molecule has 0 saturated carbocycles. The van der Waals surface area contributed by atoms with E-state index >= 15 is 0 Å². The molecular weight excluding hydrogens is 431 g/mol. The molecule has 0 bridgehead atoms. The molecule has 184 valence electrons. The number of aryl methyl sites for hydroxylation is 1. The maximum atomic E-state index is 13.7. The fraction of sp³-hybridized carbons (Fsp3) is 0.538. The molecule has 0 spiro atoms. The van der Waals surface area contributed by atoms with Gasteiger partial charge < -0.3 is 20.9 Å². The minimum absolute atomic E-state index is 0.0934. The van der Waals surface area contributed by atoms with Crippen LogP contribution in [-0.2, 0) is 11.2 Å². The maximum absolute atomic E-state index is 13.7. The molecule has 2 aliphatic rings. The topological polar surface area (TPSA) is 93.4 Å². The standard InChI is InChI=1S/C26H37FN6O/c1-2-3-25-30-23-16-21(27)4-5-24(23)33(25)22-9-14-32(15-10-22)26(34)20-7-12-31(13-8-20)18-19(17-29)6-11-28/h4-6,11,16-17,20,22H,2-3,7-10,12-15,18,28-29H2,1H3/b11-6-,19-17+. The minimum atomic E-state index is -0.252. The fourth-order valence-electron chi connectivity index (χ4n) is 5.41. The molecule has 8 heteroatoms. The van der Waals surface area contributed by atoms with Crippen molar-refractivity contribution in [2.45, 2.75) is 51.5 Å². The number of nitrogens with two attached hydrogens (primary N) is 2. The average Bonchev–Trinajstić information content (AvgIpc) is 3.21. The van der Waals surface area contributed by atoms with E-state index < -0.39 is 0 Å². The molecule has 4 N–H and O–H groups in total. The van der Waals surface area contributed by atoms with Gasteiger partial charge in [0.2, 0.25) is 5.91 Å². The molecule has 3 heterocycles. The lowest BCUT2D eigenvalue weighted by atomic mass is 9.93. The lowest BCUT2D eigenvalue weighted by molar-refractivity contribution is -0.138. The Morgan fingerprint density at radius 3 is 2.53 bits per heavy atom. The Kier molecular flexibility index (Phi) is 7.88. The average molecular weight is 469 g/mol. The third kappa shape index (κ3) is 5.27. The highest BCUT2D eigenvalue weighted by Crippen LogP contribution is 2.31. The normalized spacial score (nSPS) is 19.5. The number of piperidine rings is 2. The number of rotatable bonds is 7. The Morgan fingerprint density at radius 2 is 1.88 bits per heavy atom. The van der Waals surface area contributed by atoms with Crippen molar-refractivity contribution in [3.8, 4) is 0 Å². The zero-order valence-electron chi connectivity index (χ0n) is 20.1. The lowest BCUT2D eigenvalue weighted by Gasteiger charge is -2.38. The largest absolute Gasteiger partial charge is 0.405 e. The van der Waals surface area contributed by atoms with Gasteiger partial charge in [0.15, 0.2) is 0 Å². The number of nitrogens with zero attached hydrogens (tertiary/aromatic N) is 4. The number of halogens is 1. The van der Waals surface area contributed by atoms with E-state index in [9.17, 15) is 9.18 Å². The van der Waals surface area contributed by atoms with Crippen molar-refractivity contribution < 1.29 is 9.18 Å². The van der Waals surface area contributed by atoms with Crippen molar-refractivity contribution in [3.63, 3.8) is 0 Å². The Hall–Kier alpha value is -2.87. The predicted molar refractivity (Wildman–Crippen MR) is 133 cm³/mol. The van der Waals surface area contributed by atoms with E-state index in [1.54, 1.807) is 6.20 Å². The zero-order chi connectivity index (χ0) is 24.1.